The number of hydrogen-bond acceptors (Lipinski definition) is 12. The number of benzene rings is 1. The molecule has 2 heterocycles. The van der Waals surface area contributed by atoms with Crippen molar-refractivity contribution in [3.05, 3.63) is 35.6 Å². The van der Waals surface area contributed by atoms with Crippen LogP contribution >= 0.6 is 11.8 Å². The van der Waals surface area contributed by atoms with Crippen LogP contribution < -0.4 is 16.4 Å². The molecule has 0 aliphatic carbocycles. The maximum absolute atomic E-state index is 14.4. The van der Waals surface area contributed by atoms with Gasteiger partial charge < -0.3 is 45.6 Å². The van der Waals surface area contributed by atoms with Gasteiger partial charge in [0.2, 0.25) is 41.4 Å². The topological polar surface area (TPSA) is 238 Å². The van der Waals surface area contributed by atoms with Gasteiger partial charge in [-0.1, -0.05) is 65.7 Å². The summed E-state index contributed by atoms with van der Waals surface area (Å²) >= 11 is 1.25. The van der Waals surface area contributed by atoms with Crippen molar-refractivity contribution in [2.45, 2.75) is 140 Å². The highest BCUT2D eigenvalue weighted by Crippen LogP contribution is 2.30. The highest BCUT2D eigenvalue weighted by molar-refractivity contribution is 8.00. The molecule has 3 rings (SSSR count). The number of halogens is 1. The van der Waals surface area contributed by atoms with Crippen molar-refractivity contribution in [1.29, 1.82) is 0 Å². The molecule has 7 amide bonds. The van der Waals surface area contributed by atoms with Gasteiger partial charge in [-0.05, 0) is 49.1 Å². The number of aliphatic carboxylic acids is 1. The number of carbonyl (C=O) groups excluding carboxylic acids is 7. The molecule has 0 radical (unpaired) electrons. The number of likely N-dealkylation sites (N-methyl/N-ethyl adjacent to an activating group) is 2. The number of carbonyl (C=O) groups is 8. The van der Waals surface area contributed by atoms with Crippen molar-refractivity contribution in [2.24, 2.45) is 23.5 Å². The van der Waals surface area contributed by atoms with Crippen LogP contribution in [0.25, 0.3) is 0 Å². The number of nitrogens with zero attached hydrogens (tertiary/aromatic N) is 4. The number of hydrogen-bond donors (Lipinski definition) is 4. The van der Waals surface area contributed by atoms with Crippen LogP contribution in [0.2, 0.25) is 0 Å². The highest BCUT2D eigenvalue weighted by atomic mass is 32.2. The van der Waals surface area contributed by atoms with Crippen LogP contribution in [0.5, 0.6) is 0 Å². The Kier molecular flexibility index (Phi) is 23.1. The lowest BCUT2D eigenvalue weighted by Crippen LogP contribution is -2.56. The molecule has 18 nitrogen and oxygen atoms in total. The van der Waals surface area contributed by atoms with Crippen LogP contribution in [0.4, 0.5) is 4.39 Å². The van der Waals surface area contributed by atoms with E-state index in [-0.39, 0.29) is 85.7 Å². The molecule has 0 saturated carbocycles. The zero-order valence-electron chi connectivity index (χ0n) is 40.7. The van der Waals surface area contributed by atoms with E-state index in [0.29, 0.717) is 45.1 Å². The zero-order chi connectivity index (χ0) is 50.1. The molecule has 1 unspecified atom stereocenters. The Hall–Kier alpha value is -4.66. The van der Waals surface area contributed by atoms with Gasteiger partial charge in [-0.3, -0.25) is 38.5 Å². The summed E-state index contributed by atoms with van der Waals surface area (Å²) in [6, 6.07) is 2.35. The molecule has 1 aromatic rings. The fraction of sp³-hybridized carbons (Fsp3) is 0.702. The Bertz CT molecular complexity index is 1880. The molecule has 2 saturated heterocycles. The normalized spacial score (nSPS) is 19.3. The third kappa shape index (κ3) is 15.4. The summed E-state index contributed by atoms with van der Waals surface area (Å²) in [4.78, 5) is 111. The minimum atomic E-state index is -1.40. The predicted molar refractivity (Wildman–Crippen MR) is 250 cm³/mol. The van der Waals surface area contributed by atoms with E-state index in [0.717, 1.165) is 0 Å². The fourth-order valence-electron chi connectivity index (χ4n) is 9.22. The predicted octanol–water partition coefficient (Wildman–Crippen LogP) is 2.79. The van der Waals surface area contributed by atoms with E-state index in [1.165, 1.54) is 58.9 Å². The summed E-state index contributed by atoms with van der Waals surface area (Å²) < 4.78 is 26.1. The number of methoxy groups -OCH3 is 2. The maximum atomic E-state index is 14.4. The molecule has 20 heteroatoms. The second-order valence-electron chi connectivity index (χ2n) is 18.0. The molecular formula is C47H74FN7O11S. The Morgan fingerprint density at radius 1 is 0.970 bits per heavy atom. The minimum Gasteiger partial charge on any atom is -0.480 e. The molecule has 5 N–H and O–H groups in total. The SMILES string of the molecule is CC[C@H](C)[C@@H]([C@@H](CC(=O)N1CCC[C@H]1[C@H](OC)[C@@H](C)C(=O)N[C@@H](Cc1ccccc1F)C(=O)O)OC)N(C)C(=O)CNC(=O)[C@H](C(C)C)N(C)C(=O)CCCCCN1C(=O)CC(SCN)C1=O. The van der Waals surface area contributed by atoms with Crippen molar-refractivity contribution in [2.75, 3.05) is 53.8 Å². The molecule has 2 fully saturated rings. The number of nitrogens with two attached hydrogens (primary N) is 1. The third-order valence-electron chi connectivity index (χ3n) is 13.2. The van der Waals surface area contributed by atoms with Crippen LogP contribution in [0.1, 0.15) is 98.0 Å². The zero-order valence-corrected chi connectivity index (χ0v) is 41.5. The van der Waals surface area contributed by atoms with E-state index in [1.807, 2.05) is 27.7 Å². The van der Waals surface area contributed by atoms with Gasteiger partial charge in [-0.15, -0.1) is 11.8 Å². The number of rotatable bonds is 28. The molecule has 0 bridgehead atoms. The van der Waals surface area contributed by atoms with Crippen LogP contribution in [0.3, 0.4) is 0 Å². The average Bonchev–Trinajstić information content (AvgIpc) is 3.88. The highest BCUT2D eigenvalue weighted by Gasteiger charge is 2.43. The first-order valence-electron chi connectivity index (χ1n) is 23.3. The second kappa shape index (κ2) is 27.4. The number of amides is 7. The molecule has 0 spiro atoms. The molecule has 2 aliphatic heterocycles. The van der Waals surface area contributed by atoms with E-state index in [4.69, 9.17) is 15.2 Å². The van der Waals surface area contributed by atoms with Crippen LogP contribution in [-0.4, -0.2) is 167 Å². The van der Waals surface area contributed by atoms with Crippen molar-refractivity contribution >= 4 is 59.1 Å². The molecule has 376 valence electrons. The van der Waals surface area contributed by atoms with Crippen molar-refractivity contribution in [3.63, 3.8) is 0 Å². The van der Waals surface area contributed by atoms with Crippen LogP contribution in [0, 0.1) is 23.6 Å². The first kappa shape index (κ1) is 56.7. The van der Waals surface area contributed by atoms with Gasteiger partial charge in [0.25, 0.3) is 0 Å². The standard InChI is InChI=1S/C47H74FN7O11S/c1-10-29(4)42(53(7)40(59)26-50-45(61)41(28(2)3)52(6)37(56)20-12-11-15-21-55-39(58)25-36(46(55)62)67-27-49)35(65-8)24-38(57)54-22-16-19-34(54)43(66-9)30(5)44(60)51-33(47(63)64)23-31-17-13-14-18-32(31)48/h13-14,17-18,28-30,33-36,41-43H,10-12,15-16,19-27,49H2,1-9H3,(H,50,61)(H,51,60)(H,63,64)/t29-,30+,33-,34-,35+,36?,41-,42-,43+/m0/s1. The summed E-state index contributed by atoms with van der Waals surface area (Å²) in [6.07, 6.45) is 1.75. The van der Waals surface area contributed by atoms with Crippen molar-refractivity contribution in [1.82, 2.24) is 30.2 Å². The average molecular weight is 964 g/mol. The van der Waals surface area contributed by atoms with Crippen LogP contribution in [0.15, 0.2) is 24.3 Å². The lowest BCUT2D eigenvalue weighted by atomic mass is 9.90. The van der Waals surface area contributed by atoms with E-state index >= 15 is 0 Å². The van der Waals surface area contributed by atoms with Gasteiger partial charge >= 0.3 is 5.97 Å². The summed E-state index contributed by atoms with van der Waals surface area (Å²) in [5.41, 5.74) is 5.68. The summed E-state index contributed by atoms with van der Waals surface area (Å²) in [7, 11) is 6.04. The molecule has 1 aromatic carbocycles. The van der Waals surface area contributed by atoms with E-state index in [2.05, 4.69) is 10.6 Å². The summed E-state index contributed by atoms with van der Waals surface area (Å²) in [5.74, 6) is -5.52. The monoisotopic (exact) mass is 964 g/mol. The Morgan fingerprint density at radius 3 is 2.25 bits per heavy atom. The lowest BCUT2D eigenvalue weighted by molar-refractivity contribution is -0.147. The van der Waals surface area contributed by atoms with Gasteiger partial charge in [-0.25, -0.2) is 9.18 Å². The smallest absolute Gasteiger partial charge is 0.326 e. The van der Waals surface area contributed by atoms with Gasteiger partial charge in [0, 0.05) is 66.5 Å². The van der Waals surface area contributed by atoms with Crippen molar-refractivity contribution in [3.8, 4) is 0 Å². The van der Waals surface area contributed by atoms with Gasteiger partial charge in [0.15, 0.2) is 0 Å². The molecule has 9 atom stereocenters. The Morgan fingerprint density at radius 2 is 1.66 bits per heavy atom. The Balaban J connectivity index is 1.61. The number of thioether (sulfide) groups is 1. The number of nitrogens with one attached hydrogen (secondary N) is 2. The van der Waals surface area contributed by atoms with E-state index in [1.54, 1.807) is 32.0 Å². The van der Waals surface area contributed by atoms with E-state index < -0.39 is 77.1 Å². The second-order valence-corrected chi connectivity index (χ2v) is 19.2. The molecule has 0 aromatic heterocycles. The quantitative estimate of drug-likeness (QED) is 0.0538. The van der Waals surface area contributed by atoms with E-state index in [9.17, 15) is 47.9 Å². The van der Waals surface area contributed by atoms with Crippen molar-refractivity contribution < 1.29 is 57.3 Å². The fourth-order valence-corrected chi connectivity index (χ4v) is 9.98. The first-order chi connectivity index (χ1) is 31.7. The third-order valence-corrected chi connectivity index (χ3v) is 14.2. The molecule has 67 heavy (non-hydrogen) atoms. The maximum Gasteiger partial charge on any atom is 0.326 e. The molecule has 2 aliphatic rings. The number of ether oxygens (including phenoxy) is 2. The minimum absolute atomic E-state index is 0.113. The van der Waals surface area contributed by atoms with Gasteiger partial charge in [-0.2, -0.15) is 0 Å². The number of carboxylic acids is 1. The lowest BCUT2D eigenvalue weighted by Gasteiger charge is -2.39. The van der Waals surface area contributed by atoms with Gasteiger partial charge in [0.05, 0.1) is 48.4 Å². The van der Waals surface area contributed by atoms with Gasteiger partial charge in [0.1, 0.15) is 17.9 Å². The number of imide groups is 1. The summed E-state index contributed by atoms with van der Waals surface area (Å²) in [6.45, 7) is 9.39. The molecular weight excluding hydrogens is 890 g/mol. The Labute approximate surface area is 398 Å². The number of unbranched alkanes of at least 4 members (excludes halogenated alkanes) is 2. The largest absolute Gasteiger partial charge is 0.480 e. The number of likely N-dealkylation sites (tertiary alicyclic amines) is 2. The van der Waals surface area contributed by atoms with Crippen LogP contribution in [-0.2, 0) is 54.3 Å². The summed E-state index contributed by atoms with van der Waals surface area (Å²) in [5, 5.41) is 14.7. The first-order valence-corrected chi connectivity index (χ1v) is 24.4. The number of carboxylic acid groups (broad SMARTS) is 1.